The SMILES string of the molecule is NC(=O)c1[c]cn(Cc2ccc(F)c(F)c2)n1. The van der Waals surface area contributed by atoms with Crippen molar-refractivity contribution in [3.05, 3.63) is 53.4 Å². The van der Waals surface area contributed by atoms with Gasteiger partial charge in [0, 0.05) is 12.3 Å². The molecule has 0 atom stereocenters. The van der Waals surface area contributed by atoms with Crippen molar-refractivity contribution in [1.82, 2.24) is 9.78 Å². The molecule has 0 saturated heterocycles. The number of halogens is 2. The molecule has 0 saturated carbocycles. The van der Waals surface area contributed by atoms with Crippen molar-refractivity contribution in [3.63, 3.8) is 0 Å². The van der Waals surface area contributed by atoms with Gasteiger partial charge in [-0.3, -0.25) is 9.48 Å². The van der Waals surface area contributed by atoms with E-state index in [0.717, 1.165) is 12.1 Å². The number of nitrogens with zero attached hydrogens (tertiary/aromatic N) is 2. The number of hydrogen-bond donors (Lipinski definition) is 1. The lowest BCUT2D eigenvalue weighted by Crippen LogP contribution is -2.13. The fourth-order valence-corrected chi connectivity index (χ4v) is 1.35. The first-order valence-corrected chi connectivity index (χ1v) is 4.75. The average molecular weight is 236 g/mol. The molecular formula is C11H8F2N3O. The van der Waals surface area contributed by atoms with Crippen LogP contribution in [-0.4, -0.2) is 15.7 Å². The maximum Gasteiger partial charge on any atom is 0.269 e. The predicted octanol–water partition coefficient (Wildman–Crippen LogP) is 1.11. The molecule has 2 N–H and O–H groups in total. The maximum atomic E-state index is 12.9. The smallest absolute Gasteiger partial charge is 0.269 e. The highest BCUT2D eigenvalue weighted by molar-refractivity contribution is 5.90. The van der Waals surface area contributed by atoms with Gasteiger partial charge in [0.05, 0.1) is 6.54 Å². The van der Waals surface area contributed by atoms with Crippen LogP contribution in [-0.2, 0) is 6.54 Å². The van der Waals surface area contributed by atoms with E-state index in [1.165, 1.54) is 16.9 Å². The summed E-state index contributed by atoms with van der Waals surface area (Å²) in [6.45, 7) is 0.209. The summed E-state index contributed by atoms with van der Waals surface area (Å²) in [5.41, 5.74) is 5.54. The normalized spacial score (nSPS) is 10.5. The highest BCUT2D eigenvalue weighted by atomic mass is 19.2. The van der Waals surface area contributed by atoms with Crippen LogP contribution >= 0.6 is 0 Å². The lowest BCUT2D eigenvalue weighted by atomic mass is 10.2. The van der Waals surface area contributed by atoms with Crippen LogP contribution in [0.3, 0.4) is 0 Å². The van der Waals surface area contributed by atoms with Crippen LogP contribution in [0.25, 0.3) is 0 Å². The van der Waals surface area contributed by atoms with Crippen molar-refractivity contribution in [2.45, 2.75) is 6.54 Å². The fourth-order valence-electron chi connectivity index (χ4n) is 1.35. The molecule has 0 aliphatic rings. The molecule has 0 fully saturated rings. The molecule has 1 radical (unpaired) electrons. The number of carbonyl (C=O) groups is 1. The van der Waals surface area contributed by atoms with Crippen LogP contribution in [0.15, 0.2) is 24.4 Å². The van der Waals surface area contributed by atoms with Gasteiger partial charge in [0.15, 0.2) is 17.3 Å². The van der Waals surface area contributed by atoms with Gasteiger partial charge in [-0.1, -0.05) is 6.07 Å². The monoisotopic (exact) mass is 236 g/mol. The highest BCUT2D eigenvalue weighted by Crippen LogP contribution is 2.09. The third kappa shape index (κ3) is 2.47. The molecule has 2 rings (SSSR count). The van der Waals surface area contributed by atoms with Gasteiger partial charge < -0.3 is 5.73 Å². The largest absolute Gasteiger partial charge is 0.364 e. The van der Waals surface area contributed by atoms with Crippen molar-refractivity contribution in [2.24, 2.45) is 5.73 Å². The first-order valence-electron chi connectivity index (χ1n) is 4.75. The molecule has 1 aromatic heterocycles. The van der Waals surface area contributed by atoms with Crippen LogP contribution in [0, 0.1) is 17.7 Å². The molecule has 0 unspecified atom stereocenters. The van der Waals surface area contributed by atoms with Crippen LogP contribution in [0.1, 0.15) is 16.1 Å². The zero-order chi connectivity index (χ0) is 12.4. The number of hydrogen-bond acceptors (Lipinski definition) is 2. The lowest BCUT2D eigenvalue weighted by Gasteiger charge is -2.02. The van der Waals surface area contributed by atoms with E-state index >= 15 is 0 Å². The summed E-state index contributed by atoms with van der Waals surface area (Å²) >= 11 is 0. The molecule has 0 spiro atoms. The third-order valence-electron chi connectivity index (χ3n) is 2.14. The second-order valence-corrected chi connectivity index (χ2v) is 3.43. The van der Waals surface area contributed by atoms with Crippen LogP contribution in [0.5, 0.6) is 0 Å². The van der Waals surface area contributed by atoms with E-state index in [0.29, 0.717) is 5.56 Å². The van der Waals surface area contributed by atoms with Crippen LogP contribution < -0.4 is 5.73 Å². The molecule has 0 bridgehead atoms. The zero-order valence-electron chi connectivity index (χ0n) is 8.65. The Morgan fingerprint density at radius 3 is 2.76 bits per heavy atom. The topological polar surface area (TPSA) is 60.9 Å². The van der Waals surface area contributed by atoms with Gasteiger partial charge in [0.25, 0.3) is 5.91 Å². The second-order valence-electron chi connectivity index (χ2n) is 3.43. The van der Waals surface area contributed by atoms with E-state index in [1.807, 2.05) is 0 Å². The summed E-state index contributed by atoms with van der Waals surface area (Å²) in [6.07, 6.45) is 1.42. The maximum absolute atomic E-state index is 12.9. The van der Waals surface area contributed by atoms with E-state index < -0.39 is 17.5 Å². The van der Waals surface area contributed by atoms with Crippen molar-refractivity contribution >= 4 is 5.91 Å². The summed E-state index contributed by atoms with van der Waals surface area (Å²) in [7, 11) is 0. The first kappa shape index (κ1) is 11.3. The fraction of sp³-hybridized carbons (Fsp3) is 0.0909. The average Bonchev–Trinajstić information content (AvgIpc) is 2.72. The number of rotatable bonds is 3. The van der Waals surface area contributed by atoms with E-state index in [-0.39, 0.29) is 12.2 Å². The van der Waals surface area contributed by atoms with Crippen molar-refractivity contribution in [3.8, 4) is 0 Å². The molecule has 2 aromatic rings. The Morgan fingerprint density at radius 2 is 2.18 bits per heavy atom. The van der Waals surface area contributed by atoms with Gasteiger partial charge >= 0.3 is 0 Å². The second kappa shape index (κ2) is 4.32. The van der Waals surface area contributed by atoms with Gasteiger partial charge in [0.2, 0.25) is 0 Å². The Bertz CT molecular complexity index is 566. The molecule has 1 aromatic carbocycles. The van der Waals surface area contributed by atoms with Gasteiger partial charge in [-0.2, -0.15) is 5.10 Å². The number of nitrogens with two attached hydrogens (primary N) is 1. The molecule has 1 heterocycles. The summed E-state index contributed by atoms with van der Waals surface area (Å²) in [6, 6.07) is 6.10. The highest BCUT2D eigenvalue weighted by Gasteiger charge is 2.07. The molecule has 0 aliphatic carbocycles. The zero-order valence-corrected chi connectivity index (χ0v) is 8.65. The van der Waals surface area contributed by atoms with Crippen molar-refractivity contribution < 1.29 is 13.6 Å². The molecule has 0 aliphatic heterocycles. The minimum atomic E-state index is -0.922. The van der Waals surface area contributed by atoms with Gasteiger partial charge in [-0.15, -0.1) is 0 Å². The summed E-state index contributed by atoms with van der Waals surface area (Å²) in [4.78, 5) is 10.8. The number of primary amides is 1. The first-order chi connectivity index (χ1) is 8.06. The quantitative estimate of drug-likeness (QED) is 0.867. The number of aromatic nitrogens is 2. The molecule has 87 valence electrons. The number of carbonyl (C=O) groups excluding carboxylic acids is 1. The Kier molecular flexibility index (Phi) is 2.86. The van der Waals surface area contributed by atoms with Crippen molar-refractivity contribution in [1.29, 1.82) is 0 Å². The minimum absolute atomic E-state index is 0.00702. The number of amides is 1. The molecule has 4 nitrogen and oxygen atoms in total. The van der Waals surface area contributed by atoms with E-state index in [1.54, 1.807) is 0 Å². The Morgan fingerprint density at radius 1 is 1.41 bits per heavy atom. The van der Waals surface area contributed by atoms with E-state index in [4.69, 9.17) is 5.73 Å². The van der Waals surface area contributed by atoms with Crippen molar-refractivity contribution in [2.75, 3.05) is 0 Å². The van der Waals surface area contributed by atoms with Gasteiger partial charge in [-0.25, -0.2) is 8.78 Å². The Labute approximate surface area is 95.7 Å². The third-order valence-corrected chi connectivity index (χ3v) is 2.14. The van der Waals surface area contributed by atoms with Gasteiger partial charge in [0.1, 0.15) is 0 Å². The van der Waals surface area contributed by atoms with E-state index in [9.17, 15) is 13.6 Å². The summed E-state index contributed by atoms with van der Waals surface area (Å²) in [5, 5.41) is 3.83. The van der Waals surface area contributed by atoms with Crippen LogP contribution in [0.2, 0.25) is 0 Å². The minimum Gasteiger partial charge on any atom is -0.364 e. The molecule has 17 heavy (non-hydrogen) atoms. The standard InChI is InChI=1S/C11H8F2N3O/c12-8-2-1-7(5-9(8)13)6-16-4-3-10(15-16)11(14)17/h1-2,4-5H,6H2,(H2,14,17). The van der Waals surface area contributed by atoms with E-state index in [2.05, 4.69) is 11.2 Å². The summed E-state index contributed by atoms with van der Waals surface area (Å²) in [5.74, 6) is -2.51. The molecule has 6 heteroatoms. The van der Waals surface area contributed by atoms with Gasteiger partial charge in [-0.05, 0) is 17.7 Å². The molecular weight excluding hydrogens is 228 g/mol. The number of benzene rings is 1. The molecule has 1 amide bonds. The lowest BCUT2D eigenvalue weighted by molar-refractivity contribution is 0.0994. The Hall–Kier alpha value is -2.24. The summed E-state index contributed by atoms with van der Waals surface area (Å²) < 4.78 is 27.0. The van der Waals surface area contributed by atoms with Crippen LogP contribution in [0.4, 0.5) is 8.78 Å². The predicted molar refractivity (Wildman–Crippen MR) is 55.0 cm³/mol. The Balaban J connectivity index is 2.19.